The van der Waals surface area contributed by atoms with Gasteiger partial charge in [0.25, 0.3) is 17.4 Å². The molecular weight excluding hydrogens is 931 g/mol. The van der Waals surface area contributed by atoms with E-state index in [1.54, 1.807) is 35.3 Å². The predicted molar refractivity (Wildman–Crippen MR) is 259 cm³/mol. The van der Waals surface area contributed by atoms with Gasteiger partial charge >= 0.3 is 0 Å². The van der Waals surface area contributed by atoms with Crippen LogP contribution in [-0.4, -0.2) is 120 Å². The van der Waals surface area contributed by atoms with E-state index in [1.807, 2.05) is 42.6 Å². The third-order valence-electron chi connectivity index (χ3n) is 14.8. The van der Waals surface area contributed by atoms with Gasteiger partial charge in [0.15, 0.2) is 0 Å². The zero-order chi connectivity index (χ0) is 47.2. The lowest BCUT2D eigenvalue weighted by molar-refractivity contribution is -0.136. The summed E-state index contributed by atoms with van der Waals surface area (Å²) in [7, 11) is 1.69. The molecule has 0 saturated carbocycles. The van der Waals surface area contributed by atoms with Gasteiger partial charge in [0.1, 0.15) is 29.1 Å². The lowest BCUT2D eigenvalue weighted by Gasteiger charge is -2.48. The van der Waals surface area contributed by atoms with E-state index in [0.29, 0.717) is 77.4 Å². The van der Waals surface area contributed by atoms with Crippen LogP contribution in [0.3, 0.4) is 0 Å². The number of carbonyl (C=O) groups is 4. The first kappa shape index (κ1) is 44.3. The fourth-order valence-electron chi connectivity index (χ4n) is 11.3. The van der Waals surface area contributed by atoms with E-state index in [2.05, 4.69) is 64.7 Å². The molecule has 11 rings (SSSR count). The number of carbonyl (C=O) groups excluding carboxylic acids is 4. The van der Waals surface area contributed by atoms with Crippen molar-refractivity contribution < 1.29 is 24.3 Å². The van der Waals surface area contributed by atoms with Gasteiger partial charge in [0, 0.05) is 124 Å². The smallest absolute Gasteiger partial charge is 0.276 e. The first-order valence-electron chi connectivity index (χ1n) is 23.5. The molecule has 6 aliphatic rings. The van der Waals surface area contributed by atoms with Crippen molar-refractivity contribution in [2.45, 2.75) is 77.9 Å². The number of likely N-dealkylation sites (tertiary alicyclic amines) is 1. The molecule has 5 aromatic rings. The van der Waals surface area contributed by atoms with Gasteiger partial charge in [-0.3, -0.25) is 44.0 Å². The number of anilines is 4. The van der Waals surface area contributed by atoms with Gasteiger partial charge in [0.05, 0.1) is 18.5 Å². The number of nitrogens with zero attached hydrogens (tertiary/aromatic N) is 9. The molecule has 18 heteroatoms. The molecule has 3 N–H and O–H groups in total. The highest BCUT2D eigenvalue weighted by Gasteiger charge is 2.42. The molecule has 1 aromatic carbocycles. The summed E-state index contributed by atoms with van der Waals surface area (Å²) in [5, 5.41) is 16.4. The monoisotopic (exact) mass is 983 g/mol. The van der Waals surface area contributed by atoms with E-state index >= 15 is 0 Å². The summed E-state index contributed by atoms with van der Waals surface area (Å²) in [6.45, 7) is 11.8. The summed E-state index contributed by atoms with van der Waals surface area (Å²) < 4.78 is 4.58. The number of imide groups is 1. The maximum absolute atomic E-state index is 14.0. The number of nitrogens with one attached hydrogen (secondary N) is 2. The third-order valence-corrected chi connectivity index (χ3v) is 15.8. The second-order valence-corrected chi connectivity index (χ2v) is 20.7. The van der Waals surface area contributed by atoms with Crippen LogP contribution in [0, 0.1) is 5.41 Å². The average molecular weight is 985 g/mol. The summed E-state index contributed by atoms with van der Waals surface area (Å²) in [6.07, 6.45) is 7.67. The number of piperazine rings is 1. The minimum atomic E-state index is -0.639. The maximum Gasteiger partial charge on any atom is 0.276 e. The number of aryl methyl sites for hydroxylation is 1. The Labute approximate surface area is 401 Å². The summed E-state index contributed by atoms with van der Waals surface area (Å²) in [6, 6.07) is 13.2. The molecule has 3 saturated heterocycles. The summed E-state index contributed by atoms with van der Waals surface area (Å²) in [5.41, 5.74) is 8.92. The Morgan fingerprint density at radius 3 is 2.47 bits per heavy atom. The van der Waals surface area contributed by atoms with Crippen molar-refractivity contribution in [2.75, 3.05) is 60.9 Å². The lowest BCUT2D eigenvalue weighted by atomic mass is 9.90. The highest BCUT2D eigenvalue weighted by atomic mass is 79.9. The molecular formula is C50H54BrN11O6. The molecule has 9 heterocycles. The molecule has 1 unspecified atom stereocenters. The first-order chi connectivity index (χ1) is 32.7. The second kappa shape index (κ2) is 17.1. The summed E-state index contributed by atoms with van der Waals surface area (Å²) in [4.78, 5) is 84.8. The first-order valence-corrected chi connectivity index (χ1v) is 24.2. The molecule has 4 amide bonds. The number of aliphatic hydroxyl groups is 1. The van der Waals surface area contributed by atoms with Crippen LogP contribution in [0.5, 0.6) is 0 Å². The van der Waals surface area contributed by atoms with E-state index in [9.17, 15) is 29.1 Å². The normalized spacial score (nSPS) is 20.7. The molecule has 1 aliphatic carbocycles. The van der Waals surface area contributed by atoms with Gasteiger partial charge in [0.2, 0.25) is 11.8 Å². The second-order valence-electron chi connectivity index (χ2n) is 19.9. The fourth-order valence-corrected chi connectivity index (χ4v) is 11.8. The van der Waals surface area contributed by atoms with E-state index in [4.69, 9.17) is 4.98 Å². The van der Waals surface area contributed by atoms with Gasteiger partial charge in [-0.25, -0.2) is 9.97 Å². The number of piperidine rings is 1. The SMILES string of the molecule is Cn1cc(-c2ccnc(N3CCn4c(cc5c4CC(C)(C)C5)C3=O)c2CO)cc(Nc2ccc(N3CCN(C4CN(Cc5ccc6c(c5Br)CN(C5CCC(=O)NC5=O)C6=O)C4)CC3)cn2)c1=O. The Hall–Kier alpha value is -6.21. The molecule has 4 aromatic heterocycles. The Balaban J connectivity index is 0.700. The fraction of sp³-hybridized carbons (Fsp3) is 0.420. The van der Waals surface area contributed by atoms with Crippen LogP contribution in [0.4, 0.5) is 23.0 Å². The average Bonchev–Trinajstić information content (AvgIpc) is 3.94. The van der Waals surface area contributed by atoms with Crippen LogP contribution in [0.1, 0.15) is 75.5 Å². The number of hydrogen-bond donors (Lipinski definition) is 3. The van der Waals surface area contributed by atoms with Gasteiger partial charge in [-0.15, -0.1) is 0 Å². The number of rotatable bonds is 10. The minimum Gasteiger partial charge on any atom is -0.392 e. The highest BCUT2D eigenvalue weighted by molar-refractivity contribution is 9.10. The summed E-state index contributed by atoms with van der Waals surface area (Å²) >= 11 is 3.79. The predicted octanol–water partition coefficient (Wildman–Crippen LogP) is 4.19. The van der Waals surface area contributed by atoms with Crippen LogP contribution in [0.15, 0.2) is 70.3 Å². The molecule has 68 heavy (non-hydrogen) atoms. The number of aromatic nitrogens is 4. The van der Waals surface area contributed by atoms with E-state index in [0.717, 1.165) is 79.9 Å². The highest BCUT2D eigenvalue weighted by Crippen LogP contribution is 2.41. The number of halogens is 1. The van der Waals surface area contributed by atoms with E-state index in [-0.39, 0.29) is 41.7 Å². The molecule has 352 valence electrons. The Morgan fingerprint density at radius 1 is 0.912 bits per heavy atom. The molecule has 0 radical (unpaired) electrons. The quantitative estimate of drug-likeness (QED) is 0.170. The molecule has 5 aliphatic heterocycles. The number of pyridine rings is 3. The standard InChI is InChI=1S/C50H54BrN11O6/c1-50(2)20-30-19-40-49(68)61(17-16-60(40)41(30)21-50)45-37(28-63)34(10-11-52-45)31-18-38(48(67)56(3)23-31)54-42-8-5-32(22-53-42)58-12-14-59(15-13-58)33-25-57(26-33)24-29-4-6-35-36(44(29)51)27-62(47(35)66)39-7-9-43(64)55-46(39)65/h4-6,8,10-11,18-19,22-23,33,39,63H,7,9,12-17,20-21,24-28H2,1-3H3,(H,53,54)(H,55,64,65). The molecule has 1 atom stereocenters. The Morgan fingerprint density at radius 2 is 1.72 bits per heavy atom. The zero-order valence-electron chi connectivity index (χ0n) is 38.4. The Bertz CT molecular complexity index is 2970. The van der Waals surface area contributed by atoms with Crippen LogP contribution in [0.2, 0.25) is 0 Å². The van der Waals surface area contributed by atoms with Crippen molar-refractivity contribution in [3.63, 3.8) is 0 Å². The van der Waals surface area contributed by atoms with Crippen molar-refractivity contribution in [2.24, 2.45) is 12.5 Å². The van der Waals surface area contributed by atoms with Crippen LogP contribution < -0.4 is 26.0 Å². The number of amides is 4. The third kappa shape index (κ3) is 7.80. The van der Waals surface area contributed by atoms with Crippen molar-refractivity contribution in [1.29, 1.82) is 0 Å². The van der Waals surface area contributed by atoms with Gasteiger partial charge in [-0.05, 0) is 83.3 Å². The number of hydrogen-bond acceptors (Lipinski definition) is 12. The van der Waals surface area contributed by atoms with E-state index in [1.165, 1.54) is 15.8 Å². The van der Waals surface area contributed by atoms with Crippen molar-refractivity contribution in [3.8, 4) is 11.1 Å². The maximum atomic E-state index is 14.0. The van der Waals surface area contributed by atoms with Crippen LogP contribution in [0.25, 0.3) is 11.1 Å². The largest absolute Gasteiger partial charge is 0.392 e. The number of fused-ring (bicyclic) bond motifs is 4. The minimum absolute atomic E-state index is 0.130. The van der Waals surface area contributed by atoms with Crippen molar-refractivity contribution in [3.05, 3.63) is 115 Å². The number of aliphatic hydroxyl groups excluding tert-OH is 1. The van der Waals surface area contributed by atoms with Crippen molar-refractivity contribution in [1.82, 2.24) is 39.1 Å². The molecule has 0 bridgehead atoms. The zero-order valence-corrected chi connectivity index (χ0v) is 40.0. The lowest BCUT2D eigenvalue weighted by Crippen LogP contribution is -2.62. The van der Waals surface area contributed by atoms with Gasteiger partial charge < -0.3 is 29.4 Å². The van der Waals surface area contributed by atoms with Crippen LogP contribution >= 0.6 is 15.9 Å². The van der Waals surface area contributed by atoms with Crippen LogP contribution in [-0.2, 0) is 55.7 Å². The van der Waals surface area contributed by atoms with Gasteiger partial charge in [-0.2, -0.15) is 0 Å². The van der Waals surface area contributed by atoms with Gasteiger partial charge in [-0.1, -0.05) is 35.8 Å². The number of benzene rings is 1. The molecule has 17 nitrogen and oxygen atoms in total. The van der Waals surface area contributed by atoms with Crippen molar-refractivity contribution >= 4 is 62.6 Å². The molecule has 3 fully saturated rings. The molecule has 0 spiro atoms. The topological polar surface area (TPSA) is 181 Å². The summed E-state index contributed by atoms with van der Waals surface area (Å²) in [5.74, 6) is -0.0594. The Kier molecular flexibility index (Phi) is 11.1. The van der Waals surface area contributed by atoms with E-state index < -0.39 is 11.9 Å².